The van der Waals surface area contributed by atoms with Gasteiger partial charge in [0, 0.05) is 46.5 Å². The molecule has 0 atom stereocenters. The van der Waals surface area contributed by atoms with Gasteiger partial charge >= 0.3 is 0 Å². The fraction of sp³-hybridized carbons (Fsp3) is 0.500. The molecule has 0 spiro atoms. The molecule has 1 fully saturated rings. The Labute approximate surface area is 123 Å². The van der Waals surface area contributed by atoms with E-state index in [9.17, 15) is 24.4 Å². The van der Waals surface area contributed by atoms with Gasteiger partial charge in [-0.05, 0) is 18.9 Å². The van der Waals surface area contributed by atoms with Gasteiger partial charge in [0.15, 0.2) is 0 Å². The summed E-state index contributed by atoms with van der Waals surface area (Å²) in [5.41, 5.74) is -0.133. The average molecular weight is 313 g/mol. The van der Waals surface area contributed by atoms with Gasteiger partial charge in [0.25, 0.3) is 11.4 Å². The molecule has 1 aliphatic heterocycles. The van der Waals surface area contributed by atoms with E-state index in [4.69, 9.17) is 0 Å². The Balaban J connectivity index is 2.07. The standard InChI is InChI=1S/C12H15N3O5S/c16-14(17)11-2-1-9(12(7-11)15(18)19)8-13-10-3-5-21(20)6-4-10/h1-2,7,10,13H,3-6,8H2. The smallest absolute Gasteiger partial charge is 0.280 e. The maximum Gasteiger partial charge on any atom is 0.280 e. The Morgan fingerprint density at radius 2 is 1.86 bits per heavy atom. The van der Waals surface area contributed by atoms with Gasteiger partial charge in [0.2, 0.25) is 0 Å². The molecule has 9 heteroatoms. The van der Waals surface area contributed by atoms with E-state index in [-0.39, 0.29) is 24.0 Å². The molecule has 1 saturated heterocycles. The summed E-state index contributed by atoms with van der Waals surface area (Å²) >= 11 is 0. The minimum absolute atomic E-state index is 0.178. The van der Waals surface area contributed by atoms with Crippen LogP contribution in [0, 0.1) is 20.2 Å². The minimum atomic E-state index is -0.752. The van der Waals surface area contributed by atoms with Crippen LogP contribution in [-0.2, 0) is 17.3 Å². The molecule has 21 heavy (non-hydrogen) atoms. The summed E-state index contributed by atoms with van der Waals surface area (Å²) in [6, 6.07) is 3.83. The van der Waals surface area contributed by atoms with Gasteiger partial charge in [-0.2, -0.15) is 0 Å². The van der Waals surface area contributed by atoms with E-state index >= 15 is 0 Å². The Hall–Kier alpha value is -1.87. The predicted molar refractivity (Wildman–Crippen MR) is 77.5 cm³/mol. The number of nitro groups is 2. The van der Waals surface area contributed by atoms with Gasteiger partial charge < -0.3 is 5.32 Å². The highest BCUT2D eigenvalue weighted by Gasteiger charge is 2.21. The Kier molecular flexibility index (Phi) is 4.97. The van der Waals surface area contributed by atoms with Crippen LogP contribution in [-0.4, -0.2) is 31.6 Å². The van der Waals surface area contributed by atoms with Crippen LogP contribution in [0.25, 0.3) is 0 Å². The Morgan fingerprint density at radius 3 is 2.43 bits per heavy atom. The number of hydrogen-bond acceptors (Lipinski definition) is 6. The van der Waals surface area contributed by atoms with E-state index in [1.54, 1.807) is 0 Å². The average Bonchev–Trinajstić information content (AvgIpc) is 2.46. The molecule has 1 aromatic rings. The minimum Gasteiger partial charge on any atom is -0.310 e. The number of nitrogens with zero attached hydrogens (tertiary/aromatic N) is 2. The summed E-state index contributed by atoms with van der Waals surface area (Å²) in [5.74, 6) is 1.28. The van der Waals surface area contributed by atoms with Gasteiger partial charge in [-0.1, -0.05) is 0 Å². The number of nitrogens with one attached hydrogen (secondary N) is 1. The maximum atomic E-state index is 11.3. The SMILES string of the molecule is O=[N+]([O-])c1ccc(CNC2CCS(=O)CC2)c([N+](=O)[O-])c1. The third-order valence-electron chi connectivity index (χ3n) is 3.45. The quantitative estimate of drug-likeness (QED) is 0.650. The van der Waals surface area contributed by atoms with Gasteiger partial charge in [-0.25, -0.2) is 0 Å². The van der Waals surface area contributed by atoms with E-state index in [0.717, 1.165) is 18.9 Å². The molecule has 0 unspecified atom stereocenters. The van der Waals surface area contributed by atoms with E-state index in [1.165, 1.54) is 12.1 Å². The highest BCUT2D eigenvalue weighted by atomic mass is 32.2. The largest absolute Gasteiger partial charge is 0.310 e. The number of nitro benzene ring substituents is 2. The van der Waals surface area contributed by atoms with E-state index < -0.39 is 20.6 Å². The summed E-state index contributed by atoms with van der Waals surface area (Å²) in [5, 5.41) is 24.9. The molecule has 1 aliphatic rings. The first-order valence-corrected chi connectivity index (χ1v) is 7.96. The summed E-state index contributed by atoms with van der Waals surface area (Å²) in [4.78, 5) is 20.4. The molecule has 1 heterocycles. The van der Waals surface area contributed by atoms with Gasteiger partial charge in [-0.15, -0.1) is 0 Å². The van der Waals surface area contributed by atoms with Crippen molar-refractivity contribution in [2.45, 2.75) is 25.4 Å². The molecular formula is C12H15N3O5S. The molecule has 0 bridgehead atoms. The molecule has 8 nitrogen and oxygen atoms in total. The number of non-ortho nitro benzene ring substituents is 1. The van der Waals surface area contributed by atoms with Crippen molar-refractivity contribution in [3.05, 3.63) is 44.0 Å². The van der Waals surface area contributed by atoms with Crippen LogP contribution in [0.2, 0.25) is 0 Å². The molecule has 0 amide bonds. The highest BCUT2D eigenvalue weighted by Crippen LogP contribution is 2.25. The molecule has 0 aromatic heterocycles. The number of benzene rings is 1. The predicted octanol–water partition coefficient (Wildman–Crippen LogP) is 1.50. The van der Waals surface area contributed by atoms with Crippen molar-refractivity contribution < 1.29 is 14.1 Å². The van der Waals surface area contributed by atoms with Crippen molar-refractivity contribution in [3.8, 4) is 0 Å². The van der Waals surface area contributed by atoms with E-state index in [1.807, 2.05) is 0 Å². The summed E-state index contributed by atoms with van der Waals surface area (Å²) in [6.07, 6.45) is 1.54. The summed E-state index contributed by atoms with van der Waals surface area (Å²) in [6.45, 7) is 0.269. The first-order chi connectivity index (χ1) is 9.97. The normalized spacial score (nSPS) is 21.9. The second-order valence-electron chi connectivity index (χ2n) is 4.83. The zero-order valence-corrected chi connectivity index (χ0v) is 12.0. The van der Waals surface area contributed by atoms with E-state index in [0.29, 0.717) is 17.1 Å². The number of hydrogen-bond donors (Lipinski definition) is 1. The van der Waals surface area contributed by atoms with Crippen LogP contribution in [0.3, 0.4) is 0 Å². The van der Waals surface area contributed by atoms with Crippen molar-refractivity contribution in [3.63, 3.8) is 0 Å². The Morgan fingerprint density at radius 1 is 1.19 bits per heavy atom. The van der Waals surface area contributed by atoms with Crippen LogP contribution in [0.4, 0.5) is 11.4 Å². The first-order valence-electron chi connectivity index (χ1n) is 6.47. The first kappa shape index (κ1) is 15.5. The lowest BCUT2D eigenvalue weighted by molar-refractivity contribution is -0.394. The topological polar surface area (TPSA) is 115 Å². The molecule has 0 radical (unpaired) electrons. The van der Waals surface area contributed by atoms with Gasteiger partial charge in [0.1, 0.15) is 0 Å². The van der Waals surface area contributed by atoms with Gasteiger partial charge in [0.05, 0.1) is 15.9 Å². The summed E-state index contributed by atoms with van der Waals surface area (Å²) < 4.78 is 11.3. The fourth-order valence-corrected chi connectivity index (χ4v) is 3.54. The van der Waals surface area contributed by atoms with Crippen molar-refractivity contribution in [2.24, 2.45) is 0 Å². The molecule has 0 saturated carbocycles. The van der Waals surface area contributed by atoms with Crippen LogP contribution in [0.5, 0.6) is 0 Å². The Bertz CT molecular complexity index is 582. The molecule has 114 valence electrons. The lowest BCUT2D eigenvalue weighted by Crippen LogP contribution is -2.35. The number of rotatable bonds is 5. The highest BCUT2D eigenvalue weighted by molar-refractivity contribution is 7.85. The van der Waals surface area contributed by atoms with Crippen molar-refractivity contribution in [2.75, 3.05) is 11.5 Å². The second kappa shape index (κ2) is 6.72. The van der Waals surface area contributed by atoms with Crippen LogP contribution in [0.15, 0.2) is 18.2 Å². The lowest BCUT2D eigenvalue weighted by atomic mass is 10.1. The lowest BCUT2D eigenvalue weighted by Gasteiger charge is -2.22. The summed E-state index contributed by atoms with van der Waals surface area (Å²) in [7, 11) is -0.752. The second-order valence-corrected chi connectivity index (χ2v) is 6.53. The third kappa shape index (κ3) is 4.05. The van der Waals surface area contributed by atoms with Crippen molar-refractivity contribution in [1.82, 2.24) is 5.32 Å². The van der Waals surface area contributed by atoms with Crippen LogP contribution < -0.4 is 5.32 Å². The molecule has 2 rings (SSSR count). The van der Waals surface area contributed by atoms with Crippen LogP contribution in [0.1, 0.15) is 18.4 Å². The van der Waals surface area contributed by atoms with Crippen molar-refractivity contribution >= 4 is 22.2 Å². The van der Waals surface area contributed by atoms with Crippen LogP contribution >= 0.6 is 0 Å². The van der Waals surface area contributed by atoms with Gasteiger partial charge in [-0.3, -0.25) is 24.4 Å². The molecule has 1 aromatic carbocycles. The molecule has 1 N–H and O–H groups in total. The maximum absolute atomic E-state index is 11.3. The zero-order valence-electron chi connectivity index (χ0n) is 11.2. The molecular weight excluding hydrogens is 298 g/mol. The zero-order chi connectivity index (χ0) is 15.4. The third-order valence-corrected chi connectivity index (χ3v) is 4.83. The monoisotopic (exact) mass is 313 g/mol. The van der Waals surface area contributed by atoms with Crippen molar-refractivity contribution in [1.29, 1.82) is 0 Å². The fourth-order valence-electron chi connectivity index (χ4n) is 2.24. The molecule has 0 aliphatic carbocycles. The van der Waals surface area contributed by atoms with E-state index in [2.05, 4.69) is 5.32 Å².